The summed E-state index contributed by atoms with van der Waals surface area (Å²) in [6, 6.07) is -0.644. The highest BCUT2D eigenvalue weighted by molar-refractivity contribution is 5.76. The number of nitrogens with one attached hydrogen (secondary N) is 1. The fourth-order valence-corrected chi connectivity index (χ4v) is 2.66. The van der Waals surface area contributed by atoms with E-state index in [2.05, 4.69) is 11.2 Å². The molecule has 110 valence electrons. The summed E-state index contributed by atoms with van der Waals surface area (Å²) in [5.74, 6) is 1.43. The molecule has 0 aromatic carbocycles. The van der Waals surface area contributed by atoms with Crippen molar-refractivity contribution < 1.29 is 19.4 Å². The molecule has 0 spiro atoms. The lowest BCUT2D eigenvalue weighted by Crippen LogP contribution is -2.51. The Hall–Kier alpha value is -1.74. The third-order valence-electron chi connectivity index (χ3n) is 3.93. The quantitative estimate of drug-likeness (QED) is 0.745. The Labute approximate surface area is 118 Å². The molecule has 0 saturated carbocycles. The lowest BCUT2D eigenvalue weighted by Gasteiger charge is -2.31. The fourth-order valence-electron chi connectivity index (χ4n) is 2.66. The van der Waals surface area contributed by atoms with E-state index in [0.29, 0.717) is 32.5 Å². The Kier molecular flexibility index (Phi) is 4.85. The summed E-state index contributed by atoms with van der Waals surface area (Å²) in [4.78, 5) is 24.6. The standard InChI is InChI=1S/C14H20N2O4/c1-2-11(12-4-3-9-20-12)15-14(19)16-7-5-10(6-8-16)13(17)18/h1,10-12H,3-9H2,(H,15,19)(H,17,18). The first kappa shape index (κ1) is 14.7. The predicted octanol–water partition coefficient (Wildman–Crippen LogP) is 0.673. The van der Waals surface area contributed by atoms with Crippen molar-refractivity contribution in [2.24, 2.45) is 5.92 Å². The summed E-state index contributed by atoms with van der Waals surface area (Å²) in [7, 11) is 0. The minimum Gasteiger partial charge on any atom is -0.481 e. The molecular formula is C14H20N2O4. The third kappa shape index (κ3) is 3.42. The number of nitrogens with zero attached hydrogens (tertiary/aromatic N) is 1. The van der Waals surface area contributed by atoms with Gasteiger partial charge >= 0.3 is 12.0 Å². The smallest absolute Gasteiger partial charge is 0.318 e. The van der Waals surface area contributed by atoms with Crippen LogP contribution in [-0.4, -0.2) is 53.8 Å². The van der Waals surface area contributed by atoms with E-state index in [1.54, 1.807) is 4.90 Å². The average Bonchev–Trinajstić information content (AvgIpc) is 2.98. The molecule has 2 unspecified atom stereocenters. The van der Waals surface area contributed by atoms with Crippen LogP contribution in [0.25, 0.3) is 0 Å². The Morgan fingerprint density at radius 2 is 2.05 bits per heavy atom. The lowest BCUT2D eigenvalue weighted by molar-refractivity contribution is -0.143. The van der Waals surface area contributed by atoms with Crippen LogP contribution < -0.4 is 5.32 Å². The van der Waals surface area contributed by atoms with E-state index in [0.717, 1.165) is 12.8 Å². The molecule has 0 aromatic heterocycles. The first-order valence-corrected chi connectivity index (χ1v) is 6.98. The number of carboxylic acids is 1. The van der Waals surface area contributed by atoms with Crippen molar-refractivity contribution in [1.29, 1.82) is 0 Å². The molecule has 2 heterocycles. The SMILES string of the molecule is C#CC(NC(=O)N1CCC(C(=O)O)CC1)C1CCCO1. The van der Waals surface area contributed by atoms with Crippen molar-refractivity contribution in [3.8, 4) is 12.3 Å². The number of likely N-dealkylation sites (tertiary alicyclic amines) is 1. The van der Waals surface area contributed by atoms with Crippen LogP contribution in [0.1, 0.15) is 25.7 Å². The largest absolute Gasteiger partial charge is 0.481 e. The van der Waals surface area contributed by atoms with Gasteiger partial charge in [0, 0.05) is 19.7 Å². The van der Waals surface area contributed by atoms with Crippen LogP contribution in [0, 0.1) is 18.3 Å². The van der Waals surface area contributed by atoms with Gasteiger partial charge in [0.05, 0.1) is 12.0 Å². The molecule has 2 N–H and O–H groups in total. The maximum atomic E-state index is 12.1. The number of urea groups is 1. The highest BCUT2D eigenvalue weighted by Gasteiger charge is 2.30. The van der Waals surface area contributed by atoms with Crippen LogP contribution in [0.3, 0.4) is 0 Å². The maximum Gasteiger partial charge on any atom is 0.318 e. The second kappa shape index (κ2) is 6.62. The number of carbonyl (C=O) groups is 2. The van der Waals surface area contributed by atoms with Gasteiger partial charge in [-0.15, -0.1) is 6.42 Å². The molecule has 2 rings (SSSR count). The zero-order chi connectivity index (χ0) is 14.5. The first-order valence-electron chi connectivity index (χ1n) is 6.98. The van der Waals surface area contributed by atoms with E-state index in [-0.39, 0.29) is 18.1 Å². The summed E-state index contributed by atoms with van der Waals surface area (Å²) in [6.45, 7) is 1.58. The van der Waals surface area contributed by atoms with Gasteiger partial charge in [0.15, 0.2) is 0 Å². The topological polar surface area (TPSA) is 78.9 Å². The van der Waals surface area contributed by atoms with Gasteiger partial charge in [0.1, 0.15) is 6.04 Å². The number of ether oxygens (including phenoxy) is 1. The van der Waals surface area contributed by atoms with Gasteiger partial charge in [-0.3, -0.25) is 4.79 Å². The van der Waals surface area contributed by atoms with Crippen LogP contribution in [0.2, 0.25) is 0 Å². The Morgan fingerprint density at radius 1 is 1.35 bits per heavy atom. The number of hydrogen-bond acceptors (Lipinski definition) is 3. The molecule has 0 bridgehead atoms. The summed E-state index contributed by atoms with van der Waals surface area (Å²) in [5, 5.41) is 11.7. The summed E-state index contributed by atoms with van der Waals surface area (Å²) < 4.78 is 5.49. The normalized spacial score (nSPS) is 24.9. The molecule has 6 heteroatoms. The van der Waals surface area contributed by atoms with Crippen molar-refractivity contribution in [1.82, 2.24) is 10.2 Å². The Balaban J connectivity index is 1.82. The maximum absolute atomic E-state index is 12.1. The van der Waals surface area contributed by atoms with Crippen LogP contribution in [0.15, 0.2) is 0 Å². The van der Waals surface area contributed by atoms with E-state index >= 15 is 0 Å². The molecule has 2 aliphatic rings. The van der Waals surface area contributed by atoms with E-state index in [1.165, 1.54) is 0 Å². The highest BCUT2D eigenvalue weighted by atomic mass is 16.5. The van der Waals surface area contributed by atoms with E-state index < -0.39 is 12.0 Å². The summed E-state index contributed by atoms with van der Waals surface area (Å²) >= 11 is 0. The zero-order valence-corrected chi connectivity index (χ0v) is 11.4. The fraction of sp³-hybridized carbons (Fsp3) is 0.714. The molecule has 6 nitrogen and oxygen atoms in total. The number of piperidine rings is 1. The molecule has 2 amide bonds. The molecular weight excluding hydrogens is 260 g/mol. The van der Waals surface area contributed by atoms with Crippen molar-refractivity contribution in [2.75, 3.05) is 19.7 Å². The van der Waals surface area contributed by atoms with Crippen molar-refractivity contribution in [2.45, 2.75) is 37.8 Å². The summed E-state index contributed by atoms with van der Waals surface area (Å²) in [5.41, 5.74) is 0. The number of carboxylic acid groups (broad SMARTS) is 1. The van der Waals surface area contributed by atoms with E-state index in [4.69, 9.17) is 16.3 Å². The van der Waals surface area contributed by atoms with Gasteiger partial charge in [0.2, 0.25) is 0 Å². The monoisotopic (exact) mass is 280 g/mol. The predicted molar refractivity (Wildman–Crippen MR) is 72.1 cm³/mol. The van der Waals surface area contributed by atoms with Gasteiger partial charge in [-0.05, 0) is 25.7 Å². The summed E-state index contributed by atoms with van der Waals surface area (Å²) in [6.07, 6.45) is 8.14. The second-order valence-corrected chi connectivity index (χ2v) is 5.24. The number of aliphatic carboxylic acids is 1. The molecule has 20 heavy (non-hydrogen) atoms. The molecule has 2 aliphatic heterocycles. The van der Waals surface area contributed by atoms with Gasteiger partial charge < -0.3 is 20.1 Å². The van der Waals surface area contributed by atoms with Gasteiger partial charge in [-0.25, -0.2) is 4.79 Å². The van der Waals surface area contributed by atoms with Crippen LogP contribution in [0.5, 0.6) is 0 Å². The molecule has 2 fully saturated rings. The van der Waals surface area contributed by atoms with Gasteiger partial charge in [-0.1, -0.05) is 5.92 Å². The number of hydrogen-bond donors (Lipinski definition) is 2. The molecule has 2 saturated heterocycles. The van der Waals surface area contributed by atoms with Gasteiger partial charge in [-0.2, -0.15) is 0 Å². The molecule has 0 radical (unpaired) electrons. The zero-order valence-electron chi connectivity index (χ0n) is 11.4. The van der Waals surface area contributed by atoms with Crippen LogP contribution in [-0.2, 0) is 9.53 Å². The molecule has 0 aromatic rings. The van der Waals surface area contributed by atoms with Crippen molar-refractivity contribution in [3.05, 3.63) is 0 Å². The number of amides is 2. The van der Waals surface area contributed by atoms with Crippen molar-refractivity contribution in [3.63, 3.8) is 0 Å². The number of rotatable bonds is 3. The van der Waals surface area contributed by atoms with E-state index in [9.17, 15) is 9.59 Å². The number of terminal acetylenes is 1. The number of carbonyl (C=O) groups excluding carboxylic acids is 1. The third-order valence-corrected chi connectivity index (χ3v) is 3.93. The molecule has 2 atom stereocenters. The average molecular weight is 280 g/mol. The lowest BCUT2D eigenvalue weighted by atomic mass is 9.97. The van der Waals surface area contributed by atoms with Crippen LogP contribution >= 0.6 is 0 Å². The van der Waals surface area contributed by atoms with E-state index in [1.807, 2.05) is 0 Å². The first-order chi connectivity index (χ1) is 9.61. The minimum atomic E-state index is -0.786. The Bertz CT molecular complexity index is 404. The Morgan fingerprint density at radius 3 is 2.55 bits per heavy atom. The minimum absolute atomic E-state index is 0.111. The highest BCUT2D eigenvalue weighted by Crippen LogP contribution is 2.19. The van der Waals surface area contributed by atoms with Crippen molar-refractivity contribution >= 4 is 12.0 Å². The second-order valence-electron chi connectivity index (χ2n) is 5.24. The van der Waals surface area contributed by atoms with Crippen LogP contribution in [0.4, 0.5) is 4.79 Å². The van der Waals surface area contributed by atoms with Gasteiger partial charge in [0.25, 0.3) is 0 Å². The molecule has 0 aliphatic carbocycles.